The van der Waals surface area contributed by atoms with Crippen LogP contribution in [0.1, 0.15) is 46.0 Å². The van der Waals surface area contributed by atoms with Crippen LogP contribution in [0.4, 0.5) is 0 Å². The average molecular weight is 353 g/mol. The first-order valence-electron chi connectivity index (χ1n) is 7.89. The summed E-state index contributed by atoms with van der Waals surface area (Å²) < 4.78 is 35.8. The minimum atomic E-state index is -3.40. The molecule has 0 aliphatic carbocycles. The van der Waals surface area contributed by atoms with Gasteiger partial charge < -0.3 is 9.47 Å². The lowest BCUT2D eigenvalue weighted by Crippen LogP contribution is -2.22. The normalized spacial score (nSPS) is 23.4. The highest BCUT2D eigenvalue weighted by Gasteiger charge is 2.31. The standard InChI is InChI=1S/C6H12O2.C6H10O.C3H9NO3S/c1-4-5(2)6(7)8-3;1-2-6-4-3-5(1)7-6;1-4(2)8(5,6)7-3/h5H,4H2,1-3H3;5-6H,1-4H2;1-3H3. The van der Waals surface area contributed by atoms with Gasteiger partial charge in [0.1, 0.15) is 0 Å². The number of hydrogen-bond donors (Lipinski definition) is 0. The molecule has 0 aromatic rings. The summed E-state index contributed by atoms with van der Waals surface area (Å²) in [5.74, 6) is -0.0625. The molecule has 2 aliphatic heterocycles. The zero-order valence-corrected chi connectivity index (χ0v) is 15.9. The van der Waals surface area contributed by atoms with Crippen molar-refractivity contribution < 1.29 is 26.9 Å². The molecule has 0 saturated carbocycles. The van der Waals surface area contributed by atoms with E-state index in [1.807, 2.05) is 13.8 Å². The summed E-state index contributed by atoms with van der Waals surface area (Å²) in [6.07, 6.45) is 7.55. The zero-order chi connectivity index (χ0) is 18.0. The number of fused-ring (bicyclic) bond motifs is 2. The van der Waals surface area contributed by atoms with Crippen LogP contribution in [0.25, 0.3) is 0 Å². The third-order valence-corrected chi connectivity index (χ3v) is 5.20. The Bertz CT molecular complexity index is 419. The fraction of sp³-hybridized carbons (Fsp3) is 0.933. The Hall–Kier alpha value is -0.700. The molecule has 0 N–H and O–H groups in total. The highest BCUT2D eigenvalue weighted by molar-refractivity contribution is 7.84. The van der Waals surface area contributed by atoms with Gasteiger partial charge in [-0.25, -0.2) is 0 Å². The smallest absolute Gasteiger partial charge is 0.337 e. The van der Waals surface area contributed by atoms with Crippen LogP contribution in [0, 0.1) is 5.92 Å². The molecule has 2 bridgehead atoms. The van der Waals surface area contributed by atoms with Gasteiger partial charge in [0.25, 0.3) is 0 Å². The van der Waals surface area contributed by atoms with Gasteiger partial charge in [-0.15, -0.1) is 0 Å². The maximum absolute atomic E-state index is 10.5. The molecular formula is C15H31NO6S. The minimum absolute atomic E-state index is 0.0556. The van der Waals surface area contributed by atoms with Crippen molar-refractivity contribution in [2.45, 2.75) is 58.2 Å². The van der Waals surface area contributed by atoms with E-state index >= 15 is 0 Å². The first kappa shape index (κ1) is 22.3. The Morgan fingerprint density at radius 2 is 1.61 bits per heavy atom. The SMILES string of the molecule is C1CC2CCC1O2.CCC(C)C(=O)OC.COS(=O)(=O)N(C)C. The molecule has 0 aromatic heterocycles. The van der Waals surface area contributed by atoms with E-state index in [-0.39, 0.29) is 11.9 Å². The van der Waals surface area contributed by atoms with E-state index in [0.717, 1.165) is 17.8 Å². The number of esters is 1. The second-order valence-corrected chi connectivity index (χ2v) is 7.69. The van der Waals surface area contributed by atoms with Crippen molar-refractivity contribution in [2.75, 3.05) is 28.3 Å². The van der Waals surface area contributed by atoms with Gasteiger partial charge in [-0.05, 0) is 32.1 Å². The van der Waals surface area contributed by atoms with E-state index in [2.05, 4.69) is 8.92 Å². The topological polar surface area (TPSA) is 82.1 Å². The number of rotatable bonds is 4. The van der Waals surface area contributed by atoms with Gasteiger partial charge in [0.05, 0.1) is 32.3 Å². The molecule has 8 heteroatoms. The molecule has 2 fully saturated rings. The molecule has 0 radical (unpaired) electrons. The maximum Gasteiger partial charge on any atom is 0.337 e. The van der Waals surface area contributed by atoms with Gasteiger partial charge in [0.2, 0.25) is 0 Å². The summed E-state index contributed by atoms with van der Waals surface area (Å²) in [6.45, 7) is 3.81. The molecule has 2 heterocycles. The molecule has 2 saturated heterocycles. The summed E-state index contributed by atoms with van der Waals surface area (Å²) in [7, 11) is 1.93. The molecule has 2 aliphatic rings. The third-order valence-electron chi connectivity index (χ3n) is 3.88. The monoisotopic (exact) mass is 353 g/mol. The summed E-state index contributed by atoms with van der Waals surface area (Å²) >= 11 is 0. The Kier molecular flexibility index (Phi) is 10.6. The molecule has 1 unspecified atom stereocenters. The number of carbonyl (C=O) groups is 1. The number of ether oxygens (including phenoxy) is 2. The van der Waals surface area contributed by atoms with Gasteiger partial charge >= 0.3 is 16.3 Å². The summed E-state index contributed by atoms with van der Waals surface area (Å²) in [4.78, 5) is 10.5. The Balaban J connectivity index is 0.000000315. The van der Waals surface area contributed by atoms with Gasteiger partial charge in [-0.1, -0.05) is 13.8 Å². The van der Waals surface area contributed by atoms with Crippen LogP contribution in [0.2, 0.25) is 0 Å². The molecule has 138 valence electrons. The molecule has 0 amide bonds. The molecule has 0 spiro atoms. The third kappa shape index (κ3) is 8.64. The van der Waals surface area contributed by atoms with Crippen molar-refractivity contribution in [2.24, 2.45) is 5.92 Å². The second kappa shape index (κ2) is 11.0. The van der Waals surface area contributed by atoms with Crippen LogP contribution in [0.3, 0.4) is 0 Å². The van der Waals surface area contributed by atoms with E-state index < -0.39 is 10.3 Å². The first-order chi connectivity index (χ1) is 10.7. The highest BCUT2D eigenvalue weighted by Crippen LogP contribution is 2.33. The minimum Gasteiger partial charge on any atom is -0.469 e. The fourth-order valence-corrected chi connectivity index (χ4v) is 2.39. The first-order valence-corrected chi connectivity index (χ1v) is 9.25. The average Bonchev–Trinajstić information content (AvgIpc) is 3.19. The van der Waals surface area contributed by atoms with E-state index in [1.54, 1.807) is 0 Å². The quantitative estimate of drug-likeness (QED) is 0.719. The molecule has 1 atom stereocenters. The van der Waals surface area contributed by atoms with Crippen molar-refractivity contribution in [3.05, 3.63) is 0 Å². The Morgan fingerprint density at radius 3 is 1.70 bits per heavy atom. The number of hydrogen-bond acceptors (Lipinski definition) is 6. The van der Waals surface area contributed by atoms with Gasteiger partial charge in [-0.2, -0.15) is 12.7 Å². The zero-order valence-electron chi connectivity index (χ0n) is 15.1. The summed E-state index contributed by atoms with van der Waals surface area (Å²) in [5.41, 5.74) is 0. The van der Waals surface area contributed by atoms with Crippen molar-refractivity contribution >= 4 is 16.3 Å². The van der Waals surface area contributed by atoms with Crippen LogP contribution in [0.15, 0.2) is 0 Å². The van der Waals surface area contributed by atoms with Gasteiger partial charge in [0.15, 0.2) is 0 Å². The van der Waals surface area contributed by atoms with Crippen LogP contribution >= 0.6 is 0 Å². The van der Waals surface area contributed by atoms with Crippen LogP contribution in [-0.4, -0.2) is 59.2 Å². The predicted molar refractivity (Wildman–Crippen MR) is 88.2 cm³/mol. The predicted octanol–water partition coefficient (Wildman–Crippen LogP) is 1.97. The Morgan fingerprint density at radius 1 is 1.17 bits per heavy atom. The van der Waals surface area contributed by atoms with Crippen molar-refractivity contribution in [1.82, 2.24) is 4.31 Å². The molecule has 23 heavy (non-hydrogen) atoms. The highest BCUT2D eigenvalue weighted by atomic mass is 32.2. The van der Waals surface area contributed by atoms with E-state index in [1.165, 1.54) is 46.9 Å². The molecular weight excluding hydrogens is 322 g/mol. The van der Waals surface area contributed by atoms with E-state index in [0.29, 0.717) is 12.2 Å². The molecule has 7 nitrogen and oxygen atoms in total. The molecule has 2 rings (SSSR count). The summed E-state index contributed by atoms with van der Waals surface area (Å²) in [5, 5.41) is 0. The Labute approximate surface area is 140 Å². The van der Waals surface area contributed by atoms with E-state index in [9.17, 15) is 13.2 Å². The van der Waals surface area contributed by atoms with Crippen LogP contribution in [-0.2, 0) is 28.8 Å². The van der Waals surface area contributed by atoms with E-state index in [4.69, 9.17) is 4.74 Å². The van der Waals surface area contributed by atoms with Gasteiger partial charge in [0, 0.05) is 14.1 Å². The van der Waals surface area contributed by atoms with Crippen molar-refractivity contribution in [3.63, 3.8) is 0 Å². The van der Waals surface area contributed by atoms with Gasteiger partial charge in [-0.3, -0.25) is 8.98 Å². The lowest BCUT2D eigenvalue weighted by molar-refractivity contribution is -0.144. The summed E-state index contributed by atoms with van der Waals surface area (Å²) in [6, 6.07) is 0. The number of nitrogens with zero attached hydrogens (tertiary/aromatic N) is 1. The van der Waals surface area contributed by atoms with Crippen molar-refractivity contribution in [1.29, 1.82) is 0 Å². The fourth-order valence-electron chi connectivity index (χ4n) is 2.09. The van der Waals surface area contributed by atoms with Crippen LogP contribution < -0.4 is 0 Å². The van der Waals surface area contributed by atoms with Crippen LogP contribution in [0.5, 0.6) is 0 Å². The largest absolute Gasteiger partial charge is 0.469 e. The number of carbonyl (C=O) groups excluding carboxylic acids is 1. The lowest BCUT2D eigenvalue weighted by atomic mass is 10.0. The number of methoxy groups -OCH3 is 1. The second-order valence-electron chi connectivity index (χ2n) is 5.77. The maximum atomic E-state index is 10.5. The van der Waals surface area contributed by atoms with Crippen molar-refractivity contribution in [3.8, 4) is 0 Å². The molecule has 0 aromatic carbocycles. The lowest BCUT2D eigenvalue weighted by Gasteiger charge is -2.06.